The van der Waals surface area contributed by atoms with E-state index in [1.807, 2.05) is 6.92 Å². The maximum atomic E-state index is 12.8. The van der Waals surface area contributed by atoms with Crippen LogP contribution in [0.15, 0.2) is 36.4 Å². The van der Waals surface area contributed by atoms with Crippen LogP contribution in [0, 0.1) is 10.1 Å². The van der Waals surface area contributed by atoms with Crippen molar-refractivity contribution in [3.05, 3.63) is 67.1 Å². The third-order valence-corrected chi connectivity index (χ3v) is 4.50. The van der Waals surface area contributed by atoms with Crippen LogP contribution < -0.4 is 5.32 Å². The van der Waals surface area contributed by atoms with Crippen molar-refractivity contribution >= 4 is 58.0 Å². The van der Waals surface area contributed by atoms with Crippen molar-refractivity contribution in [2.75, 3.05) is 18.4 Å². The van der Waals surface area contributed by atoms with Crippen LogP contribution in [0.3, 0.4) is 0 Å². The first-order valence-electron chi connectivity index (χ1n) is 8.21. The molecule has 148 valence electrons. The molecule has 0 aliphatic heterocycles. The molecule has 2 amide bonds. The van der Waals surface area contributed by atoms with Gasteiger partial charge in [0, 0.05) is 22.7 Å². The second-order valence-electron chi connectivity index (χ2n) is 5.82. The van der Waals surface area contributed by atoms with E-state index in [2.05, 4.69) is 5.32 Å². The van der Waals surface area contributed by atoms with Crippen molar-refractivity contribution in [2.45, 2.75) is 13.3 Å². The molecular formula is C18H16Cl3N3O4. The number of nitro benzene ring substituents is 1. The van der Waals surface area contributed by atoms with Crippen molar-refractivity contribution in [1.82, 2.24) is 4.90 Å². The molecule has 0 aromatic heterocycles. The predicted molar refractivity (Wildman–Crippen MR) is 109 cm³/mol. The van der Waals surface area contributed by atoms with E-state index in [4.69, 9.17) is 34.8 Å². The zero-order valence-electron chi connectivity index (χ0n) is 14.7. The van der Waals surface area contributed by atoms with Gasteiger partial charge in [0.2, 0.25) is 5.91 Å². The summed E-state index contributed by atoms with van der Waals surface area (Å²) in [6, 6.07) is 8.36. The van der Waals surface area contributed by atoms with E-state index in [9.17, 15) is 19.7 Å². The zero-order valence-corrected chi connectivity index (χ0v) is 17.0. The van der Waals surface area contributed by atoms with Gasteiger partial charge in [-0.3, -0.25) is 19.7 Å². The summed E-state index contributed by atoms with van der Waals surface area (Å²) >= 11 is 17.7. The number of rotatable bonds is 7. The molecule has 0 radical (unpaired) electrons. The fourth-order valence-corrected chi connectivity index (χ4v) is 2.99. The van der Waals surface area contributed by atoms with Crippen LogP contribution in [0.25, 0.3) is 0 Å². The number of carbonyl (C=O) groups excluding carboxylic acids is 2. The third kappa shape index (κ3) is 5.58. The third-order valence-electron chi connectivity index (χ3n) is 3.70. The number of hydrogen-bond acceptors (Lipinski definition) is 4. The highest BCUT2D eigenvalue weighted by molar-refractivity contribution is 6.35. The largest absolute Gasteiger partial charge is 0.329 e. The Morgan fingerprint density at radius 3 is 2.39 bits per heavy atom. The monoisotopic (exact) mass is 443 g/mol. The van der Waals surface area contributed by atoms with Crippen LogP contribution in [-0.2, 0) is 4.79 Å². The SMILES string of the molecule is CCCN(CC(=O)Nc1cc(Cl)ccc1Cl)C(=O)c1ccc(Cl)cc1[N+](=O)[O-]. The number of anilines is 1. The number of carbonyl (C=O) groups is 2. The Morgan fingerprint density at radius 1 is 1.11 bits per heavy atom. The van der Waals surface area contributed by atoms with E-state index in [1.54, 1.807) is 6.07 Å². The smallest absolute Gasteiger partial charge is 0.283 e. The van der Waals surface area contributed by atoms with E-state index < -0.39 is 22.4 Å². The first kappa shape index (κ1) is 21.9. The molecule has 0 atom stereocenters. The lowest BCUT2D eigenvalue weighted by Crippen LogP contribution is -2.38. The second-order valence-corrected chi connectivity index (χ2v) is 7.10. The molecular weight excluding hydrogens is 429 g/mol. The molecule has 28 heavy (non-hydrogen) atoms. The van der Waals surface area contributed by atoms with Gasteiger partial charge in [-0.25, -0.2) is 0 Å². The number of benzene rings is 2. The maximum Gasteiger partial charge on any atom is 0.283 e. The van der Waals surface area contributed by atoms with E-state index in [0.717, 1.165) is 6.07 Å². The highest BCUT2D eigenvalue weighted by atomic mass is 35.5. The Hall–Kier alpha value is -2.35. The number of amides is 2. The number of nitrogens with zero attached hydrogens (tertiary/aromatic N) is 2. The van der Waals surface area contributed by atoms with E-state index in [-0.39, 0.29) is 23.7 Å². The normalized spacial score (nSPS) is 10.4. The van der Waals surface area contributed by atoms with Gasteiger partial charge in [0.1, 0.15) is 12.1 Å². The molecule has 1 N–H and O–H groups in total. The van der Waals surface area contributed by atoms with Gasteiger partial charge in [0.15, 0.2) is 0 Å². The summed E-state index contributed by atoms with van der Waals surface area (Å²) < 4.78 is 0. The molecule has 0 bridgehead atoms. The number of hydrogen-bond donors (Lipinski definition) is 1. The summed E-state index contributed by atoms with van der Waals surface area (Å²) in [4.78, 5) is 37.0. The quantitative estimate of drug-likeness (QED) is 0.478. The molecule has 0 saturated heterocycles. The van der Waals surface area contributed by atoms with Crippen molar-refractivity contribution in [3.8, 4) is 0 Å². The summed E-state index contributed by atoms with van der Waals surface area (Å²) in [7, 11) is 0. The average molecular weight is 445 g/mol. The molecule has 0 saturated carbocycles. The van der Waals surface area contributed by atoms with Gasteiger partial charge >= 0.3 is 0 Å². The topological polar surface area (TPSA) is 92.6 Å². The predicted octanol–water partition coefficient (Wildman–Crippen LogP) is 5.05. The molecule has 2 aromatic carbocycles. The van der Waals surface area contributed by atoms with Crippen LogP contribution in [0.1, 0.15) is 23.7 Å². The molecule has 0 spiro atoms. The Morgan fingerprint density at radius 2 is 1.75 bits per heavy atom. The molecule has 0 heterocycles. The second kappa shape index (κ2) is 9.73. The van der Waals surface area contributed by atoms with Gasteiger partial charge in [-0.1, -0.05) is 41.7 Å². The molecule has 2 aromatic rings. The lowest BCUT2D eigenvalue weighted by Gasteiger charge is -2.22. The van der Waals surface area contributed by atoms with Gasteiger partial charge in [-0.2, -0.15) is 0 Å². The van der Waals surface area contributed by atoms with Crippen LogP contribution in [0.2, 0.25) is 15.1 Å². The van der Waals surface area contributed by atoms with Crippen molar-refractivity contribution < 1.29 is 14.5 Å². The first-order valence-corrected chi connectivity index (χ1v) is 9.34. The van der Waals surface area contributed by atoms with Crippen molar-refractivity contribution in [2.24, 2.45) is 0 Å². The van der Waals surface area contributed by atoms with E-state index >= 15 is 0 Å². The summed E-state index contributed by atoms with van der Waals surface area (Å²) in [6.07, 6.45) is 0.554. The van der Waals surface area contributed by atoms with Gasteiger partial charge < -0.3 is 10.2 Å². The van der Waals surface area contributed by atoms with Crippen molar-refractivity contribution in [1.29, 1.82) is 0 Å². The minimum absolute atomic E-state index is 0.138. The van der Waals surface area contributed by atoms with Gasteiger partial charge in [0.25, 0.3) is 11.6 Å². The fourth-order valence-electron chi connectivity index (χ4n) is 2.49. The maximum absolute atomic E-state index is 12.8. The molecule has 0 aliphatic carbocycles. The Kier molecular flexibility index (Phi) is 7.62. The van der Waals surface area contributed by atoms with Crippen molar-refractivity contribution in [3.63, 3.8) is 0 Å². The molecule has 0 fully saturated rings. The van der Waals surface area contributed by atoms with E-state index in [1.165, 1.54) is 29.2 Å². The lowest BCUT2D eigenvalue weighted by molar-refractivity contribution is -0.385. The highest BCUT2D eigenvalue weighted by Crippen LogP contribution is 2.26. The molecule has 0 unspecified atom stereocenters. The first-order chi connectivity index (χ1) is 13.2. The minimum atomic E-state index is -0.685. The van der Waals surface area contributed by atoms with E-state index in [0.29, 0.717) is 22.2 Å². The molecule has 2 rings (SSSR count). The Bertz CT molecular complexity index is 921. The minimum Gasteiger partial charge on any atom is -0.329 e. The standard InChI is InChI=1S/C18H16Cl3N3O4/c1-2-7-23(10-17(25)22-15-8-11(19)4-6-14(15)21)18(26)13-5-3-12(20)9-16(13)24(27)28/h3-6,8-9H,2,7,10H2,1H3,(H,22,25). The molecule has 0 aliphatic rings. The average Bonchev–Trinajstić information content (AvgIpc) is 2.63. The van der Waals surface area contributed by atoms with Gasteiger partial charge in [0.05, 0.1) is 15.6 Å². The summed E-state index contributed by atoms with van der Waals surface area (Å²) in [5.41, 5.74) is -0.256. The van der Waals surface area contributed by atoms with Crippen LogP contribution >= 0.6 is 34.8 Å². The van der Waals surface area contributed by atoms with Gasteiger partial charge in [-0.05, 0) is 36.8 Å². The highest BCUT2D eigenvalue weighted by Gasteiger charge is 2.26. The summed E-state index contributed by atoms with van der Waals surface area (Å²) in [5.74, 6) is -1.15. The Labute approximate surface area is 176 Å². The zero-order chi connectivity index (χ0) is 20.8. The fraction of sp³-hybridized carbons (Fsp3) is 0.222. The van der Waals surface area contributed by atoms with Crippen LogP contribution in [-0.4, -0.2) is 34.7 Å². The lowest BCUT2D eigenvalue weighted by atomic mass is 10.1. The number of nitrogens with one attached hydrogen (secondary N) is 1. The molecule has 10 heteroatoms. The van der Waals surface area contributed by atoms with Gasteiger partial charge in [-0.15, -0.1) is 0 Å². The van der Waals surface area contributed by atoms with Crippen LogP contribution in [0.5, 0.6) is 0 Å². The number of nitro groups is 1. The summed E-state index contributed by atoms with van der Waals surface area (Å²) in [5, 5.41) is 14.7. The Balaban J connectivity index is 2.23. The summed E-state index contributed by atoms with van der Waals surface area (Å²) in [6.45, 7) is 1.74. The number of halogens is 3. The molecule has 7 nitrogen and oxygen atoms in total. The van der Waals surface area contributed by atoms with Crippen LogP contribution in [0.4, 0.5) is 11.4 Å².